The molecule has 2 aromatic heterocycles. The third kappa shape index (κ3) is 4.64. The lowest BCUT2D eigenvalue weighted by molar-refractivity contribution is -0.121. The van der Waals surface area contributed by atoms with Gasteiger partial charge in [-0.1, -0.05) is 30.7 Å². The van der Waals surface area contributed by atoms with Crippen LogP contribution >= 0.6 is 11.3 Å². The number of carbonyl (C=O) groups is 1. The second-order valence-corrected chi connectivity index (χ2v) is 8.43. The molecule has 0 saturated carbocycles. The number of fused-ring (bicyclic) bond motifs is 1. The second kappa shape index (κ2) is 8.73. The van der Waals surface area contributed by atoms with Crippen molar-refractivity contribution in [1.29, 1.82) is 0 Å². The van der Waals surface area contributed by atoms with Crippen LogP contribution in [-0.4, -0.2) is 31.8 Å². The minimum Gasteiger partial charge on any atom is -0.354 e. The number of nitrogens with one attached hydrogen (secondary N) is 1. The van der Waals surface area contributed by atoms with Crippen LogP contribution < -0.4 is 11.0 Å². The molecule has 1 aliphatic rings. The molecule has 1 aromatic carbocycles. The molecule has 1 N–H and O–H groups in total. The fourth-order valence-electron chi connectivity index (χ4n) is 3.60. The molecule has 0 radical (unpaired) electrons. The van der Waals surface area contributed by atoms with E-state index in [0.717, 1.165) is 59.8 Å². The van der Waals surface area contributed by atoms with E-state index in [-0.39, 0.29) is 18.1 Å². The van der Waals surface area contributed by atoms with Gasteiger partial charge in [-0.3, -0.25) is 9.36 Å². The molecule has 3 heterocycles. The van der Waals surface area contributed by atoms with E-state index in [0.29, 0.717) is 13.1 Å². The van der Waals surface area contributed by atoms with Crippen molar-refractivity contribution in [1.82, 2.24) is 24.6 Å². The van der Waals surface area contributed by atoms with Crippen LogP contribution in [0.15, 0.2) is 34.4 Å². The van der Waals surface area contributed by atoms with Crippen molar-refractivity contribution in [2.45, 2.75) is 52.1 Å². The first-order valence-corrected chi connectivity index (χ1v) is 10.9. The predicted molar refractivity (Wildman–Crippen MR) is 113 cm³/mol. The van der Waals surface area contributed by atoms with Crippen LogP contribution in [-0.2, 0) is 30.7 Å². The van der Waals surface area contributed by atoms with Gasteiger partial charge in [0.25, 0.3) is 0 Å². The SMILES string of the molecule is Cc1nc(-c2ccc(CCNC(=O)Cn3nc4n(c3=O)CCCCC4)cc2)cs1. The van der Waals surface area contributed by atoms with E-state index in [9.17, 15) is 9.59 Å². The highest BCUT2D eigenvalue weighted by Gasteiger charge is 2.17. The zero-order valence-electron chi connectivity index (χ0n) is 16.6. The molecule has 4 rings (SSSR count). The Kier molecular flexibility index (Phi) is 5.89. The molecule has 1 aliphatic heterocycles. The molecule has 29 heavy (non-hydrogen) atoms. The summed E-state index contributed by atoms with van der Waals surface area (Å²) >= 11 is 1.64. The maximum Gasteiger partial charge on any atom is 0.346 e. The lowest BCUT2D eigenvalue weighted by Crippen LogP contribution is -2.34. The van der Waals surface area contributed by atoms with E-state index in [1.54, 1.807) is 15.9 Å². The fourth-order valence-corrected chi connectivity index (χ4v) is 4.23. The summed E-state index contributed by atoms with van der Waals surface area (Å²) in [5, 5.41) is 10.4. The molecule has 0 unspecified atom stereocenters. The molecular weight excluding hydrogens is 386 g/mol. The van der Waals surface area contributed by atoms with E-state index >= 15 is 0 Å². The minimum atomic E-state index is -0.185. The number of rotatable bonds is 6. The molecule has 0 saturated heterocycles. The Morgan fingerprint density at radius 3 is 2.79 bits per heavy atom. The first kappa shape index (κ1) is 19.6. The van der Waals surface area contributed by atoms with E-state index in [1.807, 2.05) is 6.92 Å². The zero-order chi connectivity index (χ0) is 20.2. The monoisotopic (exact) mass is 411 g/mol. The van der Waals surface area contributed by atoms with Crippen LogP contribution in [0.2, 0.25) is 0 Å². The second-order valence-electron chi connectivity index (χ2n) is 7.37. The predicted octanol–water partition coefficient (Wildman–Crippen LogP) is 2.56. The summed E-state index contributed by atoms with van der Waals surface area (Å²) in [5.41, 5.74) is 3.06. The quantitative estimate of drug-likeness (QED) is 0.676. The van der Waals surface area contributed by atoms with Gasteiger partial charge in [-0.25, -0.2) is 14.5 Å². The Morgan fingerprint density at radius 2 is 2.03 bits per heavy atom. The van der Waals surface area contributed by atoms with Gasteiger partial charge in [0.1, 0.15) is 12.4 Å². The van der Waals surface area contributed by atoms with Gasteiger partial charge < -0.3 is 5.32 Å². The van der Waals surface area contributed by atoms with Crippen LogP contribution in [0.5, 0.6) is 0 Å². The van der Waals surface area contributed by atoms with Crippen LogP contribution in [0.1, 0.15) is 35.7 Å². The number of benzene rings is 1. The molecule has 0 bridgehead atoms. The van der Waals surface area contributed by atoms with Crippen LogP contribution in [0, 0.1) is 6.92 Å². The molecular formula is C21H25N5O2S. The standard InChI is InChI=1S/C21H25N5O2S/c1-15-23-18(14-29-15)17-8-6-16(7-9-17)10-11-22-20(27)13-26-21(28)25-12-4-2-3-5-19(25)24-26/h6-9,14H,2-5,10-13H2,1H3,(H,22,27). The molecule has 1 amide bonds. The normalized spacial score (nSPS) is 13.7. The Morgan fingerprint density at radius 1 is 1.21 bits per heavy atom. The van der Waals surface area contributed by atoms with E-state index in [1.165, 1.54) is 4.68 Å². The average Bonchev–Trinajstić information content (AvgIpc) is 3.17. The number of hydrogen-bond donors (Lipinski definition) is 1. The van der Waals surface area contributed by atoms with Gasteiger partial charge in [0.05, 0.1) is 10.7 Å². The van der Waals surface area contributed by atoms with Crippen molar-refractivity contribution >= 4 is 17.2 Å². The van der Waals surface area contributed by atoms with Crippen molar-refractivity contribution in [3.05, 3.63) is 56.5 Å². The number of nitrogens with zero attached hydrogens (tertiary/aromatic N) is 4. The van der Waals surface area contributed by atoms with Crippen LogP contribution in [0.25, 0.3) is 11.3 Å². The number of hydrogen-bond acceptors (Lipinski definition) is 5. The third-order valence-electron chi connectivity index (χ3n) is 5.18. The summed E-state index contributed by atoms with van der Waals surface area (Å²) in [6.45, 7) is 3.20. The van der Waals surface area contributed by atoms with E-state index < -0.39 is 0 Å². The highest BCUT2D eigenvalue weighted by Crippen LogP contribution is 2.21. The maximum absolute atomic E-state index is 12.4. The summed E-state index contributed by atoms with van der Waals surface area (Å²) in [4.78, 5) is 29.2. The third-order valence-corrected chi connectivity index (χ3v) is 5.95. The summed E-state index contributed by atoms with van der Waals surface area (Å²) in [5.74, 6) is 0.616. The first-order valence-electron chi connectivity index (χ1n) is 10.0. The molecule has 0 aliphatic carbocycles. The topological polar surface area (TPSA) is 81.8 Å². The van der Waals surface area contributed by atoms with Gasteiger partial charge in [0, 0.05) is 30.5 Å². The van der Waals surface area contributed by atoms with Gasteiger partial charge in [-0.05, 0) is 31.7 Å². The Labute approximate surface area is 173 Å². The first-order chi connectivity index (χ1) is 14.1. The van der Waals surface area contributed by atoms with E-state index in [2.05, 4.69) is 45.0 Å². The van der Waals surface area contributed by atoms with Crippen molar-refractivity contribution in [3.63, 3.8) is 0 Å². The number of aromatic nitrogens is 4. The lowest BCUT2D eigenvalue weighted by atomic mass is 10.1. The van der Waals surface area contributed by atoms with Crippen molar-refractivity contribution in [3.8, 4) is 11.3 Å². The number of thiazole rings is 1. The molecule has 152 valence electrons. The highest BCUT2D eigenvalue weighted by atomic mass is 32.1. The average molecular weight is 412 g/mol. The van der Waals surface area contributed by atoms with Crippen molar-refractivity contribution < 1.29 is 4.79 Å². The molecule has 3 aromatic rings. The van der Waals surface area contributed by atoms with Gasteiger partial charge in [0.15, 0.2) is 0 Å². The highest BCUT2D eigenvalue weighted by molar-refractivity contribution is 7.09. The zero-order valence-corrected chi connectivity index (χ0v) is 17.4. The molecule has 0 spiro atoms. The van der Waals surface area contributed by atoms with Gasteiger partial charge in [0.2, 0.25) is 5.91 Å². The van der Waals surface area contributed by atoms with Crippen LogP contribution in [0.4, 0.5) is 0 Å². The largest absolute Gasteiger partial charge is 0.354 e. The summed E-state index contributed by atoms with van der Waals surface area (Å²) in [6, 6.07) is 8.24. The van der Waals surface area contributed by atoms with Crippen molar-refractivity contribution in [2.75, 3.05) is 6.54 Å². The summed E-state index contributed by atoms with van der Waals surface area (Å²) < 4.78 is 3.01. The number of amides is 1. The Hall–Kier alpha value is -2.74. The lowest BCUT2D eigenvalue weighted by Gasteiger charge is -2.06. The Balaban J connectivity index is 1.29. The van der Waals surface area contributed by atoms with Gasteiger partial charge in [-0.2, -0.15) is 5.10 Å². The smallest absolute Gasteiger partial charge is 0.346 e. The Bertz CT molecular complexity index is 1050. The van der Waals surface area contributed by atoms with Crippen LogP contribution in [0.3, 0.4) is 0 Å². The van der Waals surface area contributed by atoms with Gasteiger partial charge >= 0.3 is 5.69 Å². The number of carbonyl (C=O) groups excluding carboxylic acids is 1. The number of aryl methyl sites for hydroxylation is 2. The molecule has 0 atom stereocenters. The summed E-state index contributed by atoms with van der Waals surface area (Å²) in [6.07, 6.45) is 4.69. The van der Waals surface area contributed by atoms with E-state index in [4.69, 9.17) is 0 Å². The molecule has 7 nitrogen and oxygen atoms in total. The maximum atomic E-state index is 12.4. The summed E-state index contributed by atoms with van der Waals surface area (Å²) in [7, 11) is 0. The fraction of sp³-hybridized carbons (Fsp3) is 0.429. The molecule has 0 fully saturated rings. The molecule has 8 heteroatoms. The van der Waals surface area contributed by atoms with Gasteiger partial charge in [-0.15, -0.1) is 11.3 Å². The van der Waals surface area contributed by atoms with Crippen molar-refractivity contribution in [2.24, 2.45) is 0 Å². The minimum absolute atomic E-state index is 0.0268.